The van der Waals surface area contributed by atoms with Crippen molar-refractivity contribution < 1.29 is 4.74 Å². The van der Waals surface area contributed by atoms with Crippen molar-refractivity contribution in [1.29, 1.82) is 5.26 Å². The molecule has 0 radical (unpaired) electrons. The van der Waals surface area contributed by atoms with E-state index in [9.17, 15) is 0 Å². The molecule has 0 saturated heterocycles. The standard InChI is InChI=1S/C10H9NO/c1-7-6-12-10-4-8(5-11)2-3-9(7)10/h2-4,7H,6H2,1H3. The molecule has 2 heteroatoms. The van der Waals surface area contributed by atoms with E-state index < -0.39 is 0 Å². The van der Waals surface area contributed by atoms with Crippen LogP contribution in [0.4, 0.5) is 0 Å². The zero-order chi connectivity index (χ0) is 8.55. The Morgan fingerprint density at radius 1 is 1.58 bits per heavy atom. The summed E-state index contributed by atoms with van der Waals surface area (Å²) < 4.78 is 5.40. The molecule has 60 valence electrons. The minimum atomic E-state index is 0.466. The van der Waals surface area contributed by atoms with Crippen LogP contribution in [0, 0.1) is 11.3 Å². The average Bonchev–Trinajstić information content (AvgIpc) is 2.47. The van der Waals surface area contributed by atoms with Crippen molar-refractivity contribution in [2.24, 2.45) is 0 Å². The predicted octanol–water partition coefficient (Wildman–Crippen LogP) is 2.05. The quantitative estimate of drug-likeness (QED) is 0.580. The van der Waals surface area contributed by atoms with Gasteiger partial charge in [-0.15, -0.1) is 0 Å². The van der Waals surface area contributed by atoms with E-state index in [4.69, 9.17) is 10.00 Å². The number of nitrogens with zero attached hydrogens (tertiary/aromatic N) is 1. The second-order valence-electron chi connectivity index (χ2n) is 3.08. The molecule has 1 aromatic carbocycles. The molecule has 2 rings (SSSR count). The van der Waals surface area contributed by atoms with E-state index in [0.29, 0.717) is 11.5 Å². The number of nitriles is 1. The second-order valence-corrected chi connectivity index (χ2v) is 3.08. The highest BCUT2D eigenvalue weighted by Crippen LogP contribution is 2.33. The van der Waals surface area contributed by atoms with E-state index in [2.05, 4.69) is 13.0 Å². The van der Waals surface area contributed by atoms with Gasteiger partial charge in [-0.25, -0.2) is 0 Å². The Hall–Kier alpha value is -1.49. The molecule has 1 aliphatic heterocycles. The maximum absolute atomic E-state index is 8.63. The highest BCUT2D eigenvalue weighted by atomic mass is 16.5. The van der Waals surface area contributed by atoms with Crippen LogP contribution < -0.4 is 4.74 Å². The molecule has 0 N–H and O–H groups in total. The third-order valence-corrected chi connectivity index (χ3v) is 2.16. The Morgan fingerprint density at radius 3 is 3.17 bits per heavy atom. The molecule has 0 spiro atoms. The molecular weight excluding hydrogens is 150 g/mol. The lowest BCUT2D eigenvalue weighted by molar-refractivity contribution is 0.337. The van der Waals surface area contributed by atoms with E-state index in [1.165, 1.54) is 5.56 Å². The van der Waals surface area contributed by atoms with Gasteiger partial charge in [-0.3, -0.25) is 0 Å². The Morgan fingerprint density at radius 2 is 2.42 bits per heavy atom. The molecule has 0 bridgehead atoms. The van der Waals surface area contributed by atoms with Crippen LogP contribution in [-0.2, 0) is 0 Å². The summed E-state index contributed by atoms with van der Waals surface area (Å²) in [5, 5.41) is 8.63. The number of benzene rings is 1. The Kier molecular flexibility index (Phi) is 1.51. The molecule has 0 saturated carbocycles. The van der Waals surface area contributed by atoms with Gasteiger partial charge in [0.15, 0.2) is 0 Å². The summed E-state index contributed by atoms with van der Waals surface area (Å²) in [7, 11) is 0. The number of ether oxygens (including phenoxy) is 1. The molecule has 1 aliphatic rings. The van der Waals surface area contributed by atoms with Crippen LogP contribution in [0.2, 0.25) is 0 Å². The number of rotatable bonds is 0. The van der Waals surface area contributed by atoms with E-state index in [-0.39, 0.29) is 0 Å². The van der Waals surface area contributed by atoms with Crippen molar-refractivity contribution in [3.63, 3.8) is 0 Å². The van der Waals surface area contributed by atoms with Gasteiger partial charge < -0.3 is 4.74 Å². The van der Waals surface area contributed by atoms with E-state index in [1.54, 1.807) is 6.07 Å². The molecule has 1 unspecified atom stereocenters. The van der Waals surface area contributed by atoms with Crippen LogP contribution in [0.3, 0.4) is 0 Å². The van der Waals surface area contributed by atoms with Crippen LogP contribution in [0.15, 0.2) is 18.2 Å². The summed E-state index contributed by atoms with van der Waals surface area (Å²) in [6, 6.07) is 7.71. The first-order valence-corrected chi connectivity index (χ1v) is 3.98. The summed E-state index contributed by atoms with van der Waals surface area (Å²) in [6.07, 6.45) is 0. The van der Waals surface area contributed by atoms with Crippen LogP contribution in [-0.4, -0.2) is 6.61 Å². The molecule has 0 fully saturated rings. The van der Waals surface area contributed by atoms with Crippen LogP contribution in [0.1, 0.15) is 24.0 Å². The lowest BCUT2D eigenvalue weighted by Gasteiger charge is -1.98. The third kappa shape index (κ3) is 0.947. The number of hydrogen-bond donors (Lipinski definition) is 0. The highest BCUT2D eigenvalue weighted by Gasteiger charge is 2.19. The fourth-order valence-corrected chi connectivity index (χ4v) is 1.44. The first kappa shape index (κ1) is 7.17. The minimum Gasteiger partial charge on any atom is -0.493 e. The molecule has 1 heterocycles. The fourth-order valence-electron chi connectivity index (χ4n) is 1.44. The van der Waals surface area contributed by atoms with E-state index >= 15 is 0 Å². The highest BCUT2D eigenvalue weighted by molar-refractivity contribution is 5.46. The monoisotopic (exact) mass is 159 g/mol. The molecule has 1 atom stereocenters. The summed E-state index contributed by atoms with van der Waals surface area (Å²) in [6.45, 7) is 2.86. The summed E-state index contributed by atoms with van der Waals surface area (Å²) in [4.78, 5) is 0. The van der Waals surface area contributed by atoms with Gasteiger partial charge in [-0.1, -0.05) is 13.0 Å². The van der Waals surface area contributed by atoms with Crippen molar-refractivity contribution in [3.8, 4) is 11.8 Å². The van der Waals surface area contributed by atoms with Gasteiger partial charge in [0.1, 0.15) is 5.75 Å². The molecule has 2 nitrogen and oxygen atoms in total. The van der Waals surface area contributed by atoms with E-state index in [1.807, 2.05) is 12.1 Å². The zero-order valence-electron chi connectivity index (χ0n) is 6.87. The molecule has 0 aromatic heterocycles. The van der Waals surface area contributed by atoms with Crippen molar-refractivity contribution in [2.75, 3.05) is 6.61 Å². The predicted molar refractivity (Wildman–Crippen MR) is 45.1 cm³/mol. The van der Waals surface area contributed by atoms with Gasteiger partial charge in [0.25, 0.3) is 0 Å². The van der Waals surface area contributed by atoms with Gasteiger partial charge in [0.05, 0.1) is 18.2 Å². The number of fused-ring (bicyclic) bond motifs is 1. The summed E-state index contributed by atoms with van der Waals surface area (Å²) >= 11 is 0. The van der Waals surface area contributed by atoms with Crippen molar-refractivity contribution >= 4 is 0 Å². The van der Waals surface area contributed by atoms with Crippen molar-refractivity contribution in [3.05, 3.63) is 29.3 Å². The SMILES string of the molecule is CC1COc2cc(C#N)ccc21. The average molecular weight is 159 g/mol. The van der Waals surface area contributed by atoms with Gasteiger partial charge in [-0.2, -0.15) is 5.26 Å². The Labute approximate surface area is 71.4 Å². The smallest absolute Gasteiger partial charge is 0.124 e. The number of hydrogen-bond acceptors (Lipinski definition) is 2. The van der Waals surface area contributed by atoms with Gasteiger partial charge in [-0.05, 0) is 12.1 Å². The van der Waals surface area contributed by atoms with Gasteiger partial charge in [0, 0.05) is 11.5 Å². The molecule has 0 amide bonds. The maximum atomic E-state index is 8.63. The zero-order valence-corrected chi connectivity index (χ0v) is 6.87. The lowest BCUT2D eigenvalue weighted by atomic mass is 10.0. The van der Waals surface area contributed by atoms with Crippen molar-refractivity contribution in [2.45, 2.75) is 12.8 Å². The minimum absolute atomic E-state index is 0.466. The normalized spacial score (nSPS) is 19.5. The largest absolute Gasteiger partial charge is 0.493 e. The first-order valence-electron chi connectivity index (χ1n) is 3.98. The molecule has 1 aromatic rings. The van der Waals surface area contributed by atoms with Gasteiger partial charge >= 0.3 is 0 Å². The first-order chi connectivity index (χ1) is 5.81. The fraction of sp³-hybridized carbons (Fsp3) is 0.300. The topological polar surface area (TPSA) is 33.0 Å². The van der Waals surface area contributed by atoms with Crippen LogP contribution >= 0.6 is 0 Å². The molecule has 0 aliphatic carbocycles. The van der Waals surface area contributed by atoms with Crippen LogP contribution in [0.25, 0.3) is 0 Å². The third-order valence-electron chi connectivity index (χ3n) is 2.16. The van der Waals surface area contributed by atoms with E-state index in [0.717, 1.165) is 12.4 Å². The Balaban J connectivity index is 2.50. The Bertz CT molecular complexity index is 351. The lowest BCUT2D eigenvalue weighted by Crippen LogP contribution is -1.93. The van der Waals surface area contributed by atoms with Gasteiger partial charge in [0.2, 0.25) is 0 Å². The van der Waals surface area contributed by atoms with Crippen LogP contribution in [0.5, 0.6) is 5.75 Å². The summed E-state index contributed by atoms with van der Waals surface area (Å²) in [5.41, 5.74) is 1.89. The molecule has 12 heavy (non-hydrogen) atoms. The maximum Gasteiger partial charge on any atom is 0.124 e. The molecular formula is C10H9NO. The second kappa shape index (κ2) is 2.53. The van der Waals surface area contributed by atoms with Crippen molar-refractivity contribution in [1.82, 2.24) is 0 Å². The summed E-state index contributed by atoms with van der Waals surface area (Å²) in [5.74, 6) is 1.34.